The maximum Gasteiger partial charge on any atom is 0.0517 e. The third-order valence-corrected chi connectivity index (χ3v) is 2.82. The van der Waals surface area contributed by atoms with E-state index in [2.05, 4.69) is 37.7 Å². The Balaban J connectivity index is 2.88. The molecule has 1 rings (SSSR count). The Morgan fingerprint density at radius 1 is 1.11 bits per heavy atom. The fourth-order valence-electron chi connectivity index (χ4n) is 0.824. The van der Waals surface area contributed by atoms with E-state index in [0.29, 0.717) is 0 Å². The molecule has 0 radical (unpaired) electrons. The van der Waals surface area contributed by atoms with Crippen LogP contribution in [0.1, 0.15) is 5.56 Å². The van der Waals surface area contributed by atoms with Gasteiger partial charge in [0.2, 0.25) is 0 Å². The highest BCUT2D eigenvalue weighted by molar-refractivity contribution is 6.51. The maximum absolute atomic E-state index is 2.31. The van der Waals surface area contributed by atoms with Crippen LogP contribution in [-0.2, 0) is 0 Å². The smallest absolute Gasteiger partial charge is 0.0517 e. The molecule has 0 unspecified atom stereocenters. The molecule has 0 N–H and O–H groups in total. The molecule has 0 spiro atoms. The Morgan fingerprint density at radius 3 is 2.11 bits per heavy atom. The van der Waals surface area contributed by atoms with E-state index < -0.39 is 0 Å². The van der Waals surface area contributed by atoms with Gasteiger partial charge >= 0.3 is 0 Å². The van der Waals surface area contributed by atoms with E-state index in [1.165, 1.54) is 5.56 Å². The third-order valence-electron chi connectivity index (χ3n) is 1.53. The average molecular weight is 136 g/mol. The molecule has 0 heterocycles. The van der Waals surface area contributed by atoms with E-state index in [-0.39, 0.29) is 9.52 Å². The van der Waals surface area contributed by atoms with Crippen molar-refractivity contribution in [2.24, 2.45) is 0 Å². The lowest BCUT2D eigenvalue weighted by Crippen LogP contribution is -2.08. The molecule has 0 aromatic heterocycles. The second kappa shape index (κ2) is 2.83. The second-order valence-electron chi connectivity index (χ2n) is 2.34. The molecule has 1 heteroatoms. The third kappa shape index (κ3) is 1.68. The van der Waals surface area contributed by atoms with Crippen LogP contribution in [0.15, 0.2) is 24.3 Å². The van der Waals surface area contributed by atoms with E-state index in [4.69, 9.17) is 0 Å². The molecule has 0 amide bonds. The molecule has 0 aliphatic heterocycles. The molecule has 0 nitrogen and oxygen atoms in total. The van der Waals surface area contributed by atoms with Gasteiger partial charge in [-0.05, 0) is 6.92 Å². The van der Waals surface area contributed by atoms with Gasteiger partial charge in [0, 0.05) is 0 Å². The molecule has 48 valence electrons. The predicted molar refractivity (Wildman–Crippen MR) is 45.2 cm³/mol. The zero-order valence-electron chi connectivity index (χ0n) is 6.02. The summed E-state index contributed by atoms with van der Waals surface area (Å²) in [5.74, 6) is 0. The van der Waals surface area contributed by atoms with Crippen molar-refractivity contribution in [1.29, 1.82) is 0 Å². The zero-order chi connectivity index (χ0) is 6.69. The van der Waals surface area contributed by atoms with E-state index in [1.807, 2.05) is 0 Å². The molecule has 9 heavy (non-hydrogen) atoms. The van der Waals surface area contributed by atoms with Crippen molar-refractivity contribution in [2.45, 2.75) is 13.5 Å². The topological polar surface area (TPSA) is 0 Å². The van der Waals surface area contributed by atoms with Crippen molar-refractivity contribution in [3.05, 3.63) is 29.8 Å². The summed E-state index contributed by atoms with van der Waals surface area (Å²) < 4.78 is 0. The van der Waals surface area contributed by atoms with Crippen LogP contribution in [0, 0.1) is 6.92 Å². The van der Waals surface area contributed by atoms with Gasteiger partial charge in [0.1, 0.15) is 0 Å². The molecular weight excluding hydrogens is 124 g/mol. The molecule has 1 aromatic carbocycles. The summed E-state index contributed by atoms with van der Waals surface area (Å²) in [6.07, 6.45) is 0. The van der Waals surface area contributed by atoms with Crippen LogP contribution >= 0.6 is 0 Å². The molecule has 0 bridgehead atoms. The number of hydrogen-bond donors (Lipinski definition) is 0. The van der Waals surface area contributed by atoms with E-state index >= 15 is 0 Å². The monoisotopic (exact) mass is 136 g/mol. The minimum absolute atomic E-state index is 0.0753. The van der Waals surface area contributed by atoms with Crippen LogP contribution in [-0.4, -0.2) is 9.52 Å². The Kier molecular flexibility index (Phi) is 2.06. The van der Waals surface area contributed by atoms with Gasteiger partial charge in [-0.2, -0.15) is 0 Å². The van der Waals surface area contributed by atoms with E-state index in [0.717, 1.165) is 0 Å². The fraction of sp³-hybridized carbons (Fsp3) is 0.250. The van der Waals surface area contributed by atoms with Gasteiger partial charge in [-0.1, -0.05) is 41.6 Å². The van der Waals surface area contributed by atoms with Crippen molar-refractivity contribution in [1.82, 2.24) is 0 Å². The number of rotatable bonds is 1. The van der Waals surface area contributed by atoms with Crippen molar-refractivity contribution in [3.63, 3.8) is 0 Å². The summed E-state index contributed by atoms with van der Waals surface area (Å²) in [7, 11) is 0.0753. The fourth-order valence-corrected chi connectivity index (χ4v) is 1.53. The molecule has 0 aliphatic carbocycles. The van der Waals surface area contributed by atoms with Crippen LogP contribution < -0.4 is 5.19 Å². The first kappa shape index (κ1) is 6.56. The molecule has 0 saturated heterocycles. The minimum atomic E-state index is 0.0753. The summed E-state index contributed by atoms with van der Waals surface area (Å²) in [4.78, 5) is 0. The quantitative estimate of drug-likeness (QED) is 0.502. The van der Waals surface area contributed by atoms with Gasteiger partial charge < -0.3 is 0 Å². The lowest BCUT2D eigenvalue weighted by Gasteiger charge is -1.94. The van der Waals surface area contributed by atoms with Crippen LogP contribution in [0.5, 0.6) is 0 Å². The predicted octanol–water partition coefficient (Wildman–Crippen LogP) is 0.837. The van der Waals surface area contributed by atoms with Gasteiger partial charge in [-0.3, -0.25) is 0 Å². The van der Waals surface area contributed by atoms with Crippen molar-refractivity contribution in [2.75, 3.05) is 0 Å². The maximum atomic E-state index is 2.31. The first-order chi connectivity index (χ1) is 4.33. The highest BCUT2D eigenvalue weighted by Gasteiger charge is 1.85. The first-order valence-electron chi connectivity index (χ1n) is 3.38. The number of aryl methyl sites for hydroxylation is 1. The van der Waals surface area contributed by atoms with Crippen molar-refractivity contribution >= 4 is 14.7 Å². The van der Waals surface area contributed by atoms with Gasteiger partial charge in [0.15, 0.2) is 0 Å². The van der Waals surface area contributed by atoms with Crippen LogP contribution in [0.3, 0.4) is 0 Å². The summed E-state index contributed by atoms with van der Waals surface area (Å²) in [5, 5.41) is 1.56. The largest absolute Gasteiger partial charge is 0.0708 e. The molecule has 0 aliphatic rings. The highest BCUT2D eigenvalue weighted by atomic mass is 28.2. The summed E-state index contributed by atoms with van der Waals surface area (Å²) in [5.41, 5.74) is 1.36. The van der Waals surface area contributed by atoms with Crippen molar-refractivity contribution in [3.8, 4) is 0 Å². The van der Waals surface area contributed by atoms with Crippen LogP contribution in [0.2, 0.25) is 6.55 Å². The van der Waals surface area contributed by atoms with Gasteiger partial charge in [0.05, 0.1) is 9.52 Å². The summed E-state index contributed by atoms with van der Waals surface area (Å²) >= 11 is 0. The molecule has 0 fully saturated rings. The van der Waals surface area contributed by atoms with Crippen LogP contribution in [0.25, 0.3) is 0 Å². The van der Waals surface area contributed by atoms with Crippen molar-refractivity contribution < 1.29 is 0 Å². The van der Waals surface area contributed by atoms with Gasteiger partial charge in [0.25, 0.3) is 0 Å². The summed E-state index contributed by atoms with van der Waals surface area (Å²) in [6, 6.07) is 8.85. The Morgan fingerprint density at radius 2 is 1.67 bits per heavy atom. The van der Waals surface area contributed by atoms with E-state index in [1.54, 1.807) is 5.19 Å². The Labute approximate surface area is 58.7 Å². The number of benzene rings is 1. The molecular formula is C8H12Si. The first-order valence-corrected chi connectivity index (χ1v) is 5.50. The molecule has 1 aromatic rings. The lowest BCUT2D eigenvalue weighted by atomic mass is 10.2. The number of hydrogen-bond acceptors (Lipinski definition) is 0. The average Bonchev–Trinajstić information content (AvgIpc) is 1.90. The second-order valence-corrected chi connectivity index (χ2v) is 3.86. The molecule has 0 saturated carbocycles. The molecule has 0 atom stereocenters. The minimum Gasteiger partial charge on any atom is -0.0708 e. The standard InChI is InChI=1S/C8H12Si/c1-7-3-5-8(9-2)6-4-7/h3-6H,9H2,1-2H3. The normalized spacial score (nSPS) is 10.9. The lowest BCUT2D eigenvalue weighted by molar-refractivity contribution is 1.49. The Bertz CT molecular complexity index is 176. The zero-order valence-corrected chi connectivity index (χ0v) is 7.43. The van der Waals surface area contributed by atoms with Gasteiger partial charge in [-0.15, -0.1) is 0 Å². The van der Waals surface area contributed by atoms with Gasteiger partial charge in [-0.25, -0.2) is 0 Å². The Hall–Kier alpha value is -0.563. The highest BCUT2D eigenvalue weighted by Crippen LogP contribution is 1.91. The van der Waals surface area contributed by atoms with E-state index in [9.17, 15) is 0 Å². The SMILES string of the molecule is C[SiH2]c1ccc(C)cc1. The van der Waals surface area contributed by atoms with Crippen LogP contribution in [0.4, 0.5) is 0 Å². The summed E-state index contributed by atoms with van der Waals surface area (Å²) in [6.45, 7) is 4.44.